The Morgan fingerprint density at radius 1 is 1.55 bits per heavy atom. The number of nitrogens with two attached hydrogens (primary N) is 1. The predicted molar refractivity (Wildman–Crippen MR) is 59.5 cm³/mol. The van der Waals surface area contributed by atoms with Crippen LogP contribution in [0.1, 0.15) is 18.2 Å². The highest BCUT2D eigenvalue weighted by Gasteiger charge is 2.38. The molecule has 1 aromatic rings. The number of nitrogen functional groups attached to an aromatic ring is 1. The molecule has 0 spiro atoms. The van der Waals surface area contributed by atoms with Crippen LogP contribution in [-0.4, -0.2) is 38.6 Å². The second-order valence-electron chi connectivity index (χ2n) is 4.34. The number of nitrogens with zero attached hydrogens (tertiary/aromatic N) is 2. The molecule has 0 bridgehead atoms. The number of aliphatic hydroxyl groups is 2. The van der Waals surface area contributed by atoms with Crippen LogP contribution in [0.2, 0.25) is 0 Å². The van der Waals surface area contributed by atoms with Crippen molar-refractivity contribution in [3.63, 3.8) is 0 Å². The van der Waals surface area contributed by atoms with Gasteiger partial charge in [0.15, 0.2) is 0 Å². The topological polar surface area (TPSA) is 111 Å². The fourth-order valence-electron chi connectivity index (χ4n) is 1.96. The Labute approximate surface area is 110 Å². The molecule has 112 valence electrons. The Balaban J connectivity index is 2.41. The quantitative estimate of drug-likeness (QED) is 0.677. The van der Waals surface area contributed by atoms with E-state index >= 15 is 0 Å². The summed E-state index contributed by atoms with van der Waals surface area (Å²) in [5.41, 5.74) is 2.80. The third-order valence-corrected chi connectivity index (χ3v) is 2.98. The van der Waals surface area contributed by atoms with Gasteiger partial charge in [-0.15, -0.1) is 0 Å². The van der Waals surface area contributed by atoms with E-state index in [1.165, 1.54) is 0 Å². The molecular weight excluding hydrogens is 283 g/mol. The molecule has 0 aromatic carbocycles. The monoisotopic (exact) mass is 295 g/mol. The van der Waals surface area contributed by atoms with Crippen molar-refractivity contribution < 1.29 is 28.1 Å². The summed E-state index contributed by atoms with van der Waals surface area (Å²) in [7, 11) is 0. The highest BCUT2D eigenvalue weighted by atomic mass is 19.4. The Hall–Kier alpha value is -1.65. The number of aromatic nitrogens is 2. The zero-order valence-electron chi connectivity index (χ0n) is 10.0. The standard InChI is InChI=1S/C10H12F3N3O4/c11-10(12,13)4-2-16(9(19)15-8(4)14)7-1-5(18)6(3-17)20-7/h2,5-7,17-18H,1,3H2,(H2,14,15,19)/t5-,6+,7+/m0/s1. The Kier molecular flexibility index (Phi) is 3.71. The molecule has 3 atom stereocenters. The lowest BCUT2D eigenvalue weighted by atomic mass is 10.2. The van der Waals surface area contributed by atoms with E-state index in [2.05, 4.69) is 4.98 Å². The molecule has 20 heavy (non-hydrogen) atoms. The van der Waals surface area contributed by atoms with Crippen LogP contribution < -0.4 is 11.4 Å². The average molecular weight is 295 g/mol. The summed E-state index contributed by atoms with van der Waals surface area (Å²) in [5.74, 6) is -0.920. The Morgan fingerprint density at radius 3 is 2.70 bits per heavy atom. The van der Waals surface area contributed by atoms with Crippen LogP contribution in [0.3, 0.4) is 0 Å². The van der Waals surface area contributed by atoms with E-state index in [9.17, 15) is 23.1 Å². The first-order valence-electron chi connectivity index (χ1n) is 5.64. The number of alkyl halides is 3. The zero-order valence-corrected chi connectivity index (χ0v) is 10.0. The van der Waals surface area contributed by atoms with Gasteiger partial charge in [-0.1, -0.05) is 0 Å². The third-order valence-electron chi connectivity index (χ3n) is 2.98. The van der Waals surface area contributed by atoms with Gasteiger partial charge in [-0.25, -0.2) is 4.79 Å². The molecule has 1 fully saturated rings. The average Bonchev–Trinajstić information content (AvgIpc) is 2.68. The zero-order chi connectivity index (χ0) is 15.1. The summed E-state index contributed by atoms with van der Waals surface area (Å²) < 4.78 is 43.8. The van der Waals surface area contributed by atoms with E-state index in [0.29, 0.717) is 10.8 Å². The fourth-order valence-corrected chi connectivity index (χ4v) is 1.96. The number of hydrogen-bond acceptors (Lipinski definition) is 6. The van der Waals surface area contributed by atoms with Crippen LogP contribution in [0.4, 0.5) is 19.0 Å². The van der Waals surface area contributed by atoms with Crippen molar-refractivity contribution in [3.05, 3.63) is 22.2 Å². The van der Waals surface area contributed by atoms with E-state index in [1.807, 2.05) is 0 Å². The summed E-state index contributed by atoms with van der Waals surface area (Å²) >= 11 is 0. The molecule has 10 heteroatoms. The summed E-state index contributed by atoms with van der Waals surface area (Å²) in [4.78, 5) is 14.7. The summed E-state index contributed by atoms with van der Waals surface area (Å²) in [6.45, 7) is -0.513. The smallest absolute Gasteiger partial charge is 0.394 e. The van der Waals surface area contributed by atoms with Crippen molar-refractivity contribution in [2.45, 2.75) is 31.0 Å². The van der Waals surface area contributed by atoms with E-state index in [4.69, 9.17) is 15.6 Å². The van der Waals surface area contributed by atoms with Crippen LogP contribution in [0.25, 0.3) is 0 Å². The maximum Gasteiger partial charge on any atom is 0.421 e. The maximum absolute atomic E-state index is 12.7. The molecule has 0 unspecified atom stereocenters. The second-order valence-corrected chi connectivity index (χ2v) is 4.34. The first-order valence-corrected chi connectivity index (χ1v) is 5.64. The normalized spacial score (nSPS) is 26.9. The van der Waals surface area contributed by atoms with Crippen molar-refractivity contribution in [1.29, 1.82) is 0 Å². The van der Waals surface area contributed by atoms with Gasteiger partial charge in [0.1, 0.15) is 23.7 Å². The molecule has 0 saturated carbocycles. The van der Waals surface area contributed by atoms with Gasteiger partial charge in [0.05, 0.1) is 12.7 Å². The van der Waals surface area contributed by atoms with Crippen LogP contribution >= 0.6 is 0 Å². The van der Waals surface area contributed by atoms with Gasteiger partial charge in [0.2, 0.25) is 0 Å². The molecule has 1 aromatic heterocycles. The first-order chi connectivity index (χ1) is 9.24. The van der Waals surface area contributed by atoms with Crippen molar-refractivity contribution in [2.24, 2.45) is 0 Å². The number of halogens is 3. The lowest BCUT2D eigenvalue weighted by Gasteiger charge is -2.17. The van der Waals surface area contributed by atoms with Crippen molar-refractivity contribution >= 4 is 5.82 Å². The fraction of sp³-hybridized carbons (Fsp3) is 0.600. The first kappa shape index (κ1) is 14.8. The van der Waals surface area contributed by atoms with E-state index < -0.39 is 48.3 Å². The number of ether oxygens (including phenoxy) is 1. The lowest BCUT2D eigenvalue weighted by molar-refractivity contribution is -0.138. The molecule has 1 aliphatic heterocycles. The van der Waals surface area contributed by atoms with Crippen LogP contribution in [-0.2, 0) is 10.9 Å². The molecule has 0 amide bonds. The molecule has 2 heterocycles. The van der Waals surface area contributed by atoms with Crippen LogP contribution in [0.5, 0.6) is 0 Å². The van der Waals surface area contributed by atoms with E-state index in [1.54, 1.807) is 0 Å². The number of rotatable bonds is 2. The third kappa shape index (κ3) is 2.62. The molecule has 0 aliphatic carbocycles. The van der Waals surface area contributed by atoms with Gasteiger partial charge in [-0.2, -0.15) is 18.2 Å². The van der Waals surface area contributed by atoms with E-state index in [-0.39, 0.29) is 6.42 Å². The minimum atomic E-state index is -4.76. The molecule has 4 N–H and O–H groups in total. The van der Waals surface area contributed by atoms with E-state index in [0.717, 1.165) is 0 Å². The predicted octanol–water partition coefficient (Wildman–Crippen LogP) is -0.515. The number of anilines is 1. The number of hydrogen-bond donors (Lipinski definition) is 3. The van der Waals surface area contributed by atoms with Gasteiger partial charge >= 0.3 is 11.9 Å². The molecule has 1 saturated heterocycles. The van der Waals surface area contributed by atoms with Gasteiger partial charge in [0, 0.05) is 12.6 Å². The minimum Gasteiger partial charge on any atom is -0.394 e. The van der Waals surface area contributed by atoms with Crippen molar-refractivity contribution in [1.82, 2.24) is 9.55 Å². The summed E-state index contributed by atoms with van der Waals surface area (Å²) in [5, 5.41) is 18.4. The van der Waals surface area contributed by atoms with Crippen molar-refractivity contribution in [2.75, 3.05) is 12.3 Å². The molecule has 7 nitrogen and oxygen atoms in total. The van der Waals surface area contributed by atoms with Gasteiger partial charge in [-0.05, 0) is 0 Å². The maximum atomic E-state index is 12.7. The molecular formula is C10H12F3N3O4. The van der Waals surface area contributed by atoms with Crippen LogP contribution in [0.15, 0.2) is 11.0 Å². The molecule has 2 rings (SSSR count). The van der Waals surface area contributed by atoms with Gasteiger partial charge in [0.25, 0.3) is 0 Å². The highest BCUT2D eigenvalue weighted by molar-refractivity contribution is 5.39. The largest absolute Gasteiger partial charge is 0.421 e. The van der Waals surface area contributed by atoms with Gasteiger partial charge < -0.3 is 20.7 Å². The second kappa shape index (κ2) is 5.04. The number of aliphatic hydroxyl groups excluding tert-OH is 2. The SMILES string of the molecule is Nc1nc(=O)n([C@H]2C[C@H](O)[C@@H](CO)O2)cc1C(F)(F)F. The molecule has 0 radical (unpaired) electrons. The summed E-state index contributed by atoms with van der Waals surface area (Å²) in [6.07, 6.45) is -7.57. The van der Waals surface area contributed by atoms with Crippen molar-refractivity contribution in [3.8, 4) is 0 Å². The lowest BCUT2D eigenvalue weighted by Crippen LogP contribution is -2.30. The van der Waals surface area contributed by atoms with Crippen LogP contribution in [0, 0.1) is 0 Å². The minimum absolute atomic E-state index is 0.131. The molecule has 1 aliphatic rings. The van der Waals surface area contributed by atoms with Gasteiger partial charge in [-0.3, -0.25) is 4.57 Å². The Bertz CT molecular complexity index is 560. The Morgan fingerprint density at radius 2 is 2.20 bits per heavy atom. The summed E-state index contributed by atoms with van der Waals surface area (Å²) in [6, 6.07) is 0. The highest BCUT2D eigenvalue weighted by Crippen LogP contribution is 2.33.